The quantitative estimate of drug-likeness (QED) is 0.920. The van der Waals surface area contributed by atoms with Crippen molar-refractivity contribution >= 4 is 10.0 Å². The number of hydrogen-bond acceptors (Lipinski definition) is 3. The first kappa shape index (κ1) is 17.2. The Morgan fingerprint density at radius 2 is 1.86 bits per heavy atom. The van der Waals surface area contributed by atoms with Gasteiger partial charge in [0, 0.05) is 13.1 Å². The molecule has 1 N–H and O–H groups in total. The third-order valence-corrected chi connectivity index (χ3v) is 5.67. The van der Waals surface area contributed by atoms with Crippen LogP contribution in [0.4, 0.5) is 13.2 Å². The molecule has 2 rings (SSSR count). The third kappa shape index (κ3) is 3.99. The summed E-state index contributed by atoms with van der Waals surface area (Å²) in [6.45, 7) is 2.17. The Kier molecular flexibility index (Phi) is 4.84. The number of nitrogens with zero attached hydrogens (tertiary/aromatic N) is 1. The number of benzene rings is 1. The van der Waals surface area contributed by atoms with Gasteiger partial charge in [0.1, 0.15) is 0 Å². The molecule has 1 aromatic carbocycles. The second-order valence-electron chi connectivity index (χ2n) is 5.63. The Balaban J connectivity index is 2.16. The van der Waals surface area contributed by atoms with Crippen LogP contribution >= 0.6 is 0 Å². The van der Waals surface area contributed by atoms with E-state index in [9.17, 15) is 26.7 Å². The lowest BCUT2D eigenvalue weighted by atomic mass is 9.99. The molecule has 0 radical (unpaired) electrons. The molecule has 124 valence electrons. The van der Waals surface area contributed by atoms with Crippen molar-refractivity contribution in [2.45, 2.75) is 36.9 Å². The largest absolute Gasteiger partial charge is 0.393 e. The van der Waals surface area contributed by atoms with Gasteiger partial charge in [-0.25, -0.2) is 8.42 Å². The van der Waals surface area contributed by atoms with E-state index < -0.39 is 28.7 Å². The predicted molar refractivity (Wildman–Crippen MR) is 74.7 cm³/mol. The SMILES string of the molecule is C[C@H]1CN(S(=O)(=O)c2ccc(CC(F)(F)F)cc2)CC[C@@H]1O. The van der Waals surface area contributed by atoms with Gasteiger partial charge in [0.05, 0.1) is 17.4 Å². The van der Waals surface area contributed by atoms with E-state index in [1.54, 1.807) is 6.92 Å². The summed E-state index contributed by atoms with van der Waals surface area (Å²) in [7, 11) is -3.74. The van der Waals surface area contributed by atoms with Gasteiger partial charge in [0.2, 0.25) is 10.0 Å². The fraction of sp³-hybridized carbons (Fsp3) is 0.571. The van der Waals surface area contributed by atoms with Crippen molar-refractivity contribution in [3.05, 3.63) is 29.8 Å². The van der Waals surface area contributed by atoms with Gasteiger partial charge < -0.3 is 5.11 Å². The van der Waals surface area contributed by atoms with Crippen molar-refractivity contribution in [3.63, 3.8) is 0 Å². The van der Waals surface area contributed by atoms with E-state index in [0.29, 0.717) is 6.42 Å². The molecule has 1 saturated heterocycles. The molecule has 1 aliphatic rings. The van der Waals surface area contributed by atoms with Crippen LogP contribution in [-0.2, 0) is 16.4 Å². The van der Waals surface area contributed by atoms with Crippen LogP contribution in [0, 0.1) is 5.92 Å². The molecule has 1 heterocycles. The molecular formula is C14H18F3NO3S. The van der Waals surface area contributed by atoms with Crippen LogP contribution in [0.5, 0.6) is 0 Å². The predicted octanol–water partition coefficient (Wildman–Crippen LogP) is 2.18. The molecule has 0 spiro atoms. The molecule has 0 unspecified atom stereocenters. The number of rotatable bonds is 3. The van der Waals surface area contributed by atoms with Gasteiger partial charge in [-0.05, 0) is 30.0 Å². The van der Waals surface area contributed by atoms with Crippen molar-refractivity contribution in [2.24, 2.45) is 5.92 Å². The molecule has 0 bridgehead atoms. The van der Waals surface area contributed by atoms with Crippen LogP contribution in [0.2, 0.25) is 0 Å². The molecule has 22 heavy (non-hydrogen) atoms. The van der Waals surface area contributed by atoms with E-state index in [1.807, 2.05) is 0 Å². The minimum Gasteiger partial charge on any atom is -0.393 e. The molecule has 0 saturated carbocycles. The van der Waals surface area contributed by atoms with Crippen LogP contribution in [-0.4, -0.2) is 43.2 Å². The summed E-state index contributed by atoms with van der Waals surface area (Å²) in [6.07, 6.45) is -5.58. The zero-order chi connectivity index (χ0) is 16.5. The van der Waals surface area contributed by atoms with Crippen molar-refractivity contribution in [1.29, 1.82) is 0 Å². The number of halogens is 3. The van der Waals surface area contributed by atoms with Gasteiger partial charge in [-0.3, -0.25) is 0 Å². The fourth-order valence-corrected chi connectivity index (χ4v) is 4.03. The lowest BCUT2D eigenvalue weighted by molar-refractivity contribution is -0.127. The van der Waals surface area contributed by atoms with Crippen molar-refractivity contribution in [3.8, 4) is 0 Å². The lowest BCUT2D eigenvalue weighted by Gasteiger charge is -2.33. The van der Waals surface area contributed by atoms with Gasteiger partial charge in [-0.2, -0.15) is 17.5 Å². The third-order valence-electron chi connectivity index (χ3n) is 3.79. The van der Waals surface area contributed by atoms with E-state index in [-0.39, 0.29) is 29.5 Å². The Morgan fingerprint density at radius 3 is 2.36 bits per heavy atom. The molecule has 1 fully saturated rings. The van der Waals surface area contributed by atoms with Crippen LogP contribution in [0.25, 0.3) is 0 Å². The number of aliphatic hydroxyl groups is 1. The van der Waals surface area contributed by atoms with Crippen LogP contribution in [0.3, 0.4) is 0 Å². The summed E-state index contributed by atoms with van der Waals surface area (Å²) in [5, 5.41) is 9.65. The van der Waals surface area contributed by atoms with Crippen molar-refractivity contribution in [2.75, 3.05) is 13.1 Å². The van der Waals surface area contributed by atoms with Gasteiger partial charge in [0.25, 0.3) is 0 Å². The highest BCUT2D eigenvalue weighted by Gasteiger charge is 2.33. The summed E-state index contributed by atoms with van der Waals surface area (Å²) >= 11 is 0. The maximum atomic E-state index is 12.5. The van der Waals surface area contributed by atoms with Crippen LogP contribution in [0.1, 0.15) is 18.9 Å². The van der Waals surface area contributed by atoms with E-state index in [0.717, 1.165) is 0 Å². The molecule has 0 aromatic heterocycles. The Labute approximate surface area is 127 Å². The van der Waals surface area contributed by atoms with Gasteiger partial charge >= 0.3 is 6.18 Å². The van der Waals surface area contributed by atoms with Crippen LogP contribution < -0.4 is 0 Å². The average Bonchev–Trinajstić information content (AvgIpc) is 2.40. The molecular weight excluding hydrogens is 319 g/mol. The molecule has 1 aromatic rings. The number of piperidine rings is 1. The minimum absolute atomic E-state index is 0.0221. The highest BCUT2D eigenvalue weighted by molar-refractivity contribution is 7.89. The number of sulfonamides is 1. The summed E-state index contributed by atoms with van der Waals surface area (Å²) in [6, 6.07) is 4.77. The van der Waals surface area contributed by atoms with Gasteiger partial charge in [-0.15, -0.1) is 0 Å². The average molecular weight is 337 g/mol. The highest BCUT2D eigenvalue weighted by Crippen LogP contribution is 2.26. The van der Waals surface area contributed by atoms with E-state index >= 15 is 0 Å². The molecule has 8 heteroatoms. The maximum Gasteiger partial charge on any atom is 0.393 e. The first-order chi connectivity index (χ1) is 10.1. The van der Waals surface area contributed by atoms with Crippen molar-refractivity contribution in [1.82, 2.24) is 4.31 Å². The lowest BCUT2D eigenvalue weighted by Crippen LogP contribution is -2.44. The van der Waals surface area contributed by atoms with Gasteiger partial charge in [0.15, 0.2) is 0 Å². The molecule has 0 amide bonds. The van der Waals surface area contributed by atoms with Crippen LogP contribution in [0.15, 0.2) is 29.2 Å². The van der Waals surface area contributed by atoms with Crippen molar-refractivity contribution < 1.29 is 26.7 Å². The number of alkyl halides is 3. The maximum absolute atomic E-state index is 12.5. The summed E-state index contributed by atoms with van der Waals surface area (Å²) in [5.74, 6) is -0.173. The Bertz CT molecular complexity index is 613. The summed E-state index contributed by atoms with van der Waals surface area (Å²) < 4.78 is 63.1. The second kappa shape index (κ2) is 6.17. The van der Waals surface area contributed by atoms with E-state index in [1.165, 1.54) is 28.6 Å². The first-order valence-electron chi connectivity index (χ1n) is 6.93. The first-order valence-corrected chi connectivity index (χ1v) is 8.37. The van der Waals surface area contributed by atoms with E-state index in [2.05, 4.69) is 0 Å². The zero-order valence-corrected chi connectivity index (χ0v) is 12.9. The number of hydrogen-bond donors (Lipinski definition) is 1. The summed E-state index contributed by atoms with van der Waals surface area (Å²) in [5.41, 5.74) is 0.0221. The molecule has 0 aliphatic carbocycles. The second-order valence-corrected chi connectivity index (χ2v) is 7.57. The summed E-state index contributed by atoms with van der Waals surface area (Å²) in [4.78, 5) is -0.0259. The number of aliphatic hydroxyl groups excluding tert-OH is 1. The molecule has 1 aliphatic heterocycles. The minimum atomic E-state index is -4.32. The topological polar surface area (TPSA) is 57.6 Å². The normalized spacial score (nSPS) is 24.4. The standard InChI is InChI=1S/C14H18F3NO3S/c1-10-9-18(7-6-13(10)19)22(20,21)12-4-2-11(3-5-12)8-14(15,16)17/h2-5,10,13,19H,6-9H2,1H3/t10-,13-/m0/s1. The Morgan fingerprint density at radius 1 is 1.27 bits per heavy atom. The Hall–Kier alpha value is -1.12. The monoisotopic (exact) mass is 337 g/mol. The fourth-order valence-electron chi connectivity index (χ4n) is 2.47. The van der Waals surface area contributed by atoms with E-state index in [4.69, 9.17) is 0 Å². The van der Waals surface area contributed by atoms with Gasteiger partial charge in [-0.1, -0.05) is 19.1 Å². The molecule has 4 nitrogen and oxygen atoms in total. The highest BCUT2D eigenvalue weighted by atomic mass is 32.2. The zero-order valence-electron chi connectivity index (χ0n) is 12.0. The molecule has 2 atom stereocenters. The smallest absolute Gasteiger partial charge is 0.393 e.